The Hall–Kier alpha value is -2.77. The molecule has 3 aromatic carbocycles. The maximum Gasteiger partial charge on any atom is 0.227 e. The third kappa shape index (κ3) is 7.95. The van der Waals surface area contributed by atoms with Gasteiger partial charge >= 0.3 is 0 Å². The molecule has 0 spiro atoms. The van der Waals surface area contributed by atoms with Crippen molar-refractivity contribution in [3.8, 4) is 0 Å². The van der Waals surface area contributed by atoms with Crippen LogP contribution in [0.2, 0.25) is 0 Å². The normalized spacial score (nSPS) is 21.3. The lowest BCUT2D eigenvalue weighted by Gasteiger charge is -2.46. The van der Waals surface area contributed by atoms with E-state index in [1.54, 1.807) is 0 Å². The topological polar surface area (TPSA) is 64.8 Å². The van der Waals surface area contributed by atoms with Crippen LogP contribution in [-0.4, -0.2) is 91.1 Å². The van der Waals surface area contributed by atoms with Gasteiger partial charge in [0.25, 0.3) is 0 Å². The zero-order valence-electron chi connectivity index (χ0n) is 25.3. The van der Waals surface area contributed by atoms with E-state index in [9.17, 15) is 4.79 Å². The molecule has 0 radical (unpaired) electrons. The highest BCUT2D eigenvalue weighted by molar-refractivity contribution is 5.85. The van der Waals surface area contributed by atoms with Crippen LogP contribution in [0, 0.1) is 13.8 Å². The fourth-order valence-corrected chi connectivity index (χ4v) is 6.79. The molecule has 2 saturated heterocycles. The number of piperazine rings is 2. The summed E-state index contributed by atoms with van der Waals surface area (Å²) in [4.78, 5) is 21.0. The van der Waals surface area contributed by atoms with Crippen LogP contribution in [0.25, 0.3) is 10.8 Å². The Bertz CT molecular complexity index is 1300. The molecule has 0 aliphatic carbocycles. The smallest absolute Gasteiger partial charge is 0.227 e. The first-order valence-electron chi connectivity index (χ1n) is 15.6. The van der Waals surface area contributed by atoms with Crippen molar-refractivity contribution in [2.75, 3.05) is 52.4 Å². The van der Waals surface area contributed by atoms with Crippen LogP contribution >= 0.6 is 0 Å². The van der Waals surface area contributed by atoms with Crippen molar-refractivity contribution in [1.29, 1.82) is 0 Å². The molecule has 2 aliphatic rings. The minimum Gasteiger partial charge on any atom is -0.337 e. The summed E-state index contributed by atoms with van der Waals surface area (Å²) in [5, 5.41) is 5.86. The van der Waals surface area contributed by atoms with E-state index >= 15 is 0 Å². The molecule has 5 rings (SSSR count). The number of hydrogen-bond acceptors (Lipinski definition) is 5. The molecule has 1 amide bonds. The standard InChI is InChI=1S/C35H49N5O/c1-26-10-12-31(27(2)19-26)22-33(36)24-39-23-28(3)40(25-34(39)9-6-16-38-17-14-37-15-18-38)35(41)21-29-11-13-30-7-4-5-8-32(30)20-29/h4-5,7-8,10-13,19-20,28,33-34,37H,6,9,14-18,21-25,36H2,1-3H3/t28-,33-,34+/m1/s1. The number of nitrogens with two attached hydrogens (primary N) is 1. The molecule has 0 bridgehead atoms. The predicted octanol–water partition coefficient (Wildman–Crippen LogP) is 4.16. The molecular weight excluding hydrogens is 506 g/mol. The summed E-state index contributed by atoms with van der Waals surface area (Å²) in [6.45, 7) is 14.6. The number of nitrogens with zero attached hydrogens (tertiary/aromatic N) is 3. The fraction of sp³-hybridized carbons (Fsp3) is 0.514. The van der Waals surface area contributed by atoms with E-state index in [1.807, 2.05) is 0 Å². The highest BCUT2D eigenvalue weighted by Gasteiger charge is 2.34. The zero-order valence-corrected chi connectivity index (χ0v) is 25.3. The molecule has 41 heavy (non-hydrogen) atoms. The van der Waals surface area contributed by atoms with Crippen LogP contribution in [0.15, 0.2) is 60.7 Å². The zero-order chi connectivity index (χ0) is 28.8. The second kappa shape index (κ2) is 13.9. The van der Waals surface area contributed by atoms with Gasteiger partial charge in [0.1, 0.15) is 0 Å². The number of carbonyl (C=O) groups excluding carboxylic acids is 1. The number of rotatable bonds is 10. The summed E-state index contributed by atoms with van der Waals surface area (Å²) in [6, 6.07) is 22.0. The van der Waals surface area contributed by atoms with Crippen LogP contribution < -0.4 is 11.1 Å². The monoisotopic (exact) mass is 555 g/mol. The van der Waals surface area contributed by atoms with Gasteiger partial charge in [0.2, 0.25) is 5.91 Å². The SMILES string of the molecule is Cc1ccc(C[C@@H](N)CN2C[C@@H](C)N(C(=O)Cc3ccc4ccccc4c3)C[C@@H]2CCCN2CCNCC2)c(C)c1. The molecule has 2 fully saturated rings. The van der Waals surface area contributed by atoms with E-state index in [0.29, 0.717) is 12.5 Å². The lowest BCUT2D eigenvalue weighted by Crippen LogP contribution is -2.61. The summed E-state index contributed by atoms with van der Waals surface area (Å²) >= 11 is 0. The Labute approximate surface area is 246 Å². The van der Waals surface area contributed by atoms with Gasteiger partial charge in [0.15, 0.2) is 0 Å². The van der Waals surface area contributed by atoms with Gasteiger partial charge in [-0.2, -0.15) is 0 Å². The highest BCUT2D eigenvalue weighted by atomic mass is 16.2. The molecule has 0 saturated carbocycles. The highest BCUT2D eigenvalue weighted by Crippen LogP contribution is 2.23. The molecule has 6 nitrogen and oxygen atoms in total. The van der Waals surface area contributed by atoms with Crippen LogP contribution in [0.4, 0.5) is 0 Å². The lowest BCUT2D eigenvalue weighted by molar-refractivity contribution is -0.136. The van der Waals surface area contributed by atoms with Crippen molar-refractivity contribution in [3.05, 3.63) is 82.9 Å². The third-order valence-electron chi connectivity index (χ3n) is 9.11. The molecule has 3 aromatic rings. The predicted molar refractivity (Wildman–Crippen MR) is 170 cm³/mol. The Morgan fingerprint density at radius 2 is 1.78 bits per heavy atom. The number of fused-ring (bicyclic) bond motifs is 1. The van der Waals surface area contributed by atoms with Crippen LogP contribution in [0.1, 0.15) is 42.0 Å². The largest absolute Gasteiger partial charge is 0.337 e. The van der Waals surface area contributed by atoms with Crippen LogP contribution in [0.5, 0.6) is 0 Å². The summed E-state index contributed by atoms with van der Waals surface area (Å²) in [6.07, 6.45) is 3.57. The van der Waals surface area contributed by atoms with E-state index in [0.717, 1.165) is 77.2 Å². The summed E-state index contributed by atoms with van der Waals surface area (Å²) in [7, 11) is 0. The van der Waals surface area contributed by atoms with Gasteiger partial charge in [0.05, 0.1) is 6.42 Å². The first-order chi connectivity index (χ1) is 19.9. The first kappa shape index (κ1) is 29.7. The van der Waals surface area contributed by atoms with Gasteiger partial charge < -0.3 is 20.9 Å². The molecular formula is C35H49N5O. The maximum atomic E-state index is 13.7. The number of carbonyl (C=O) groups is 1. The van der Waals surface area contributed by atoms with Gasteiger partial charge in [-0.15, -0.1) is 0 Å². The second-order valence-corrected chi connectivity index (χ2v) is 12.5. The molecule has 2 aliphatic heterocycles. The van der Waals surface area contributed by atoms with E-state index in [4.69, 9.17) is 5.73 Å². The summed E-state index contributed by atoms with van der Waals surface area (Å²) in [5.41, 5.74) is 11.9. The van der Waals surface area contributed by atoms with Gasteiger partial charge in [-0.1, -0.05) is 66.2 Å². The van der Waals surface area contributed by atoms with E-state index in [-0.39, 0.29) is 18.0 Å². The van der Waals surface area contributed by atoms with E-state index < -0.39 is 0 Å². The number of amides is 1. The van der Waals surface area contributed by atoms with Gasteiger partial charge in [0, 0.05) is 63.9 Å². The summed E-state index contributed by atoms with van der Waals surface area (Å²) in [5.74, 6) is 0.235. The third-order valence-corrected chi connectivity index (χ3v) is 9.11. The fourth-order valence-electron chi connectivity index (χ4n) is 6.79. The van der Waals surface area contributed by atoms with Gasteiger partial charge in [-0.05, 0) is 74.0 Å². The van der Waals surface area contributed by atoms with Gasteiger partial charge in [-0.3, -0.25) is 9.69 Å². The minimum absolute atomic E-state index is 0.0686. The van der Waals surface area contributed by atoms with Crippen molar-refractivity contribution in [2.45, 2.75) is 64.6 Å². The van der Waals surface area contributed by atoms with E-state index in [2.05, 4.69) is 101 Å². The average Bonchev–Trinajstić information content (AvgIpc) is 2.96. The quantitative estimate of drug-likeness (QED) is 0.394. The van der Waals surface area contributed by atoms with Crippen molar-refractivity contribution >= 4 is 16.7 Å². The number of nitrogens with one attached hydrogen (secondary N) is 1. The molecule has 6 heteroatoms. The molecule has 3 N–H and O–H groups in total. The Kier molecular flexibility index (Phi) is 10.1. The Morgan fingerprint density at radius 1 is 1.00 bits per heavy atom. The number of aryl methyl sites for hydroxylation is 2. The molecule has 3 atom stereocenters. The molecule has 220 valence electrons. The Morgan fingerprint density at radius 3 is 2.56 bits per heavy atom. The molecule has 0 aromatic heterocycles. The van der Waals surface area contributed by atoms with Gasteiger partial charge in [-0.25, -0.2) is 0 Å². The molecule has 2 heterocycles. The van der Waals surface area contributed by atoms with Crippen LogP contribution in [0.3, 0.4) is 0 Å². The summed E-state index contributed by atoms with van der Waals surface area (Å²) < 4.78 is 0. The van der Waals surface area contributed by atoms with Crippen molar-refractivity contribution in [1.82, 2.24) is 20.0 Å². The maximum absolute atomic E-state index is 13.7. The number of benzene rings is 3. The van der Waals surface area contributed by atoms with Crippen molar-refractivity contribution in [2.24, 2.45) is 5.73 Å². The van der Waals surface area contributed by atoms with Crippen molar-refractivity contribution in [3.63, 3.8) is 0 Å². The minimum atomic E-state index is 0.0686. The average molecular weight is 556 g/mol. The van der Waals surface area contributed by atoms with Crippen molar-refractivity contribution < 1.29 is 4.79 Å². The number of hydrogen-bond donors (Lipinski definition) is 2. The van der Waals surface area contributed by atoms with Crippen LogP contribution in [-0.2, 0) is 17.6 Å². The molecule has 0 unspecified atom stereocenters. The second-order valence-electron chi connectivity index (χ2n) is 12.5. The van der Waals surface area contributed by atoms with E-state index in [1.165, 1.54) is 27.5 Å². The lowest BCUT2D eigenvalue weighted by atomic mass is 9.97. The Balaban J connectivity index is 1.25. The first-order valence-corrected chi connectivity index (χ1v) is 15.6.